The van der Waals surface area contributed by atoms with Gasteiger partial charge in [0.1, 0.15) is 0 Å². The summed E-state index contributed by atoms with van der Waals surface area (Å²) in [6.07, 6.45) is 3.36. The maximum atomic E-state index is 8.74. The van der Waals surface area contributed by atoms with Crippen LogP contribution in [0.1, 0.15) is 25.3 Å². The van der Waals surface area contributed by atoms with Crippen molar-refractivity contribution in [3.05, 3.63) is 42.1 Å². The molecule has 3 nitrogen and oxygen atoms in total. The van der Waals surface area contributed by atoms with Gasteiger partial charge in [0.25, 0.3) is 0 Å². The van der Waals surface area contributed by atoms with E-state index in [1.807, 2.05) is 30.5 Å². The molecular weight excluding hydrogens is 222 g/mol. The van der Waals surface area contributed by atoms with Gasteiger partial charge in [-0.2, -0.15) is 5.26 Å². The molecule has 1 unspecified atom stereocenters. The maximum absolute atomic E-state index is 8.74. The third-order valence-electron chi connectivity index (χ3n) is 3.15. The number of fused-ring (bicyclic) bond motifs is 1. The molecule has 0 spiro atoms. The Hall–Kier alpha value is -1.92. The van der Waals surface area contributed by atoms with Gasteiger partial charge < -0.3 is 5.32 Å². The van der Waals surface area contributed by atoms with Crippen molar-refractivity contribution in [2.45, 2.75) is 32.4 Å². The van der Waals surface area contributed by atoms with Crippen LogP contribution in [0, 0.1) is 11.3 Å². The molecule has 1 N–H and O–H groups in total. The van der Waals surface area contributed by atoms with Crippen molar-refractivity contribution in [2.24, 2.45) is 0 Å². The molecule has 0 aliphatic rings. The summed E-state index contributed by atoms with van der Waals surface area (Å²) in [4.78, 5) is 4.35. The van der Waals surface area contributed by atoms with Crippen LogP contribution in [-0.4, -0.2) is 11.0 Å². The minimum absolute atomic E-state index is 0.266. The smallest absolute Gasteiger partial charge is 0.0705 e. The number of aromatic nitrogens is 1. The molecular formula is C15H17N3. The van der Waals surface area contributed by atoms with Crippen molar-refractivity contribution in [1.29, 1.82) is 5.26 Å². The molecule has 1 atom stereocenters. The lowest BCUT2D eigenvalue weighted by atomic mass is 10.1. The second kappa shape index (κ2) is 6.13. The Balaban J connectivity index is 2.14. The van der Waals surface area contributed by atoms with Crippen LogP contribution in [0.4, 0.5) is 0 Å². The highest BCUT2D eigenvalue weighted by Crippen LogP contribution is 2.16. The Bertz CT molecular complexity index is 552. The highest BCUT2D eigenvalue weighted by Gasteiger charge is 2.06. The summed E-state index contributed by atoms with van der Waals surface area (Å²) in [6, 6.07) is 12.7. The van der Waals surface area contributed by atoms with Crippen molar-refractivity contribution in [3.8, 4) is 6.07 Å². The summed E-state index contributed by atoms with van der Waals surface area (Å²) >= 11 is 0. The number of nitrogens with one attached hydrogen (secondary N) is 1. The molecule has 0 amide bonds. The largest absolute Gasteiger partial charge is 0.309 e. The quantitative estimate of drug-likeness (QED) is 0.872. The fourth-order valence-corrected chi connectivity index (χ4v) is 2.03. The number of para-hydroxylation sites is 1. The molecule has 1 aromatic heterocycles. The van der Waals surface area contributed by atoms with Crippen LogP contribution in [0.3, 0.4) is 0 Å². The Morgan fingerprint density at radius 2 is 2.17 bits per heavy atom. The van der Waals surface area contributed by atoms with E-state index in [0.717, 1.165) is 18.5 Å². The lowest BCUT2D eigenvalue weighted by Crippen LogP contribution is -2.27. The van der Waals surface area contributed by atoms with Crippen LogP contribution in [0.5, 0.6) is 0 Å². The van der Waals surface area contributed by atoms with Gasteiger partial charge in [-0.3, -0.25) is 4.98 Å². The first-order valence-corrected chi connectivity index (χ1v) is 6.28. The van der Waals surface area contributed by atoms with E-state index in [9.17, 15) is 0 Å². The number of benzene rings is 1. The molecule has 18 heavy (non-hydrogen) atoms. The van der Waals surface area contributed by atoms with Crippen molar-refractivity contribution in [1.82, 2.24) is 10.3 Å². The maximum Gasteiger partial charge on any atom is 0.0705 e. The highest BCUT2D eigenvalue weighted by atomic mass is 14.9. The molecule has 0 saturated carbocycles. The van der Waals surface area contributed by atoms with E-state index in [0.29, 0.717) is 6.42 Å². The number of nitrogens with zero attached hydrogens (tertiary/aromatic N) is 2. The van der Waals surface area contributed by atoms with Gasteiger partial charge in [0.05, 0.1) is 18.0 Å². The van der Waals surface area contributed by atoms with Gasteiger partial charge >= 0.3 is 0 Å². The van der Waals surface area contributed by atoms with E-state index in [-0.39, 0.29) is 6.04 Å². The fraction of sp³-hybridized carbons (Fsp3) is 0.333. The highest BCUT2D eigenvalue weighted by molar-refractivity contribution is 5.81. The third kappa shape index (κ3) is 2.85. The van der Waals surface area contributed by atoms with Crippen LogP contribution in [0.2, 0.25) is 0 Å². The first-order chi connectivity index (χ1) is 8.85. The normalized spacial score (nSPS) is 12.2. The van der Waals surface area contributed by atoms with E-state index in [1.54, 1.807) is 0 Å². The lowest BCUT2D eigenvalue weighted by Gasteiger charge is -2.14. The van der Waals surface area contributed by atoms with Crippen LogP contribution in [-0.2, 0) is 6.54 Å². The standard InChI is InChI=1S/C15H17N3/c1-2-13(7-9-16)18-11-12-8-10-17-15-6-4-3-5-14(12)15/h3-6,8,10,13,18H,2,7,11H2,1H3. The van der Waals surface area contributed by atoms with Gasteiger partial charge in [-0.1, -0.05) is 25.1 Å². The summed E-state index contributed by atoms with van der Waals surface area (Å²) in [5.74, 6) is 0. The zero-order chi connectivity index (χ0) is 12.8. The lowest BCUT2D eigenvalue weighted by molar-refractivity contribution is 0.506. The minimum Gasteiger partial charge on any atom is -0.309 e. The Labute approximate surface area is 107 Å². The van der Waals surface area contributed by atoms with E-state index < -0.39 is 0 Å². The summed E-state index contributed by atoms with van der Waals surface area (Å²) in [5.41, 5.74) is 2.25. The van der Waals surface area contributed by atoms with Crippen molar-refractivity contribution >= 4 is 10.9 Å². The number of hydrogen-bond donors (Lipinski definition) is 1. The van der Waals surface area contributed by atoms with Gasteiger partial charge in [0.15, 0.2) is 0 Å². The van der Waals surface area contributed by atoms with Crippen molar-refractivity contribution < 1.29 is 0 Å². The van der Waals surface area contributed by atoms with Gasteiger partial charge in [-0.25, -0.2) is 0 Å². The monoisotopic (exact) mass is 239 g/mol. The Morgan fingerprint density at radius 1 is 1.33 bits per heavy atom. The second-order valence-corrected chi connectivity index (χ2v) is 4.34. The van der Waals surface area contributed by atoms with Gasteiger partial charge in [0, 0.05) is 24.2 Å². The number of nitriles is 1. The van der Waals surface area contributed by atoms with Crippen LogP contribution in [0.25, 0.3) is 10.9 Å². The number of hydrogen-bond acceptors (Lipinski definition) is 3. The molecule has 3 heteroatoms. The van der Waals surface area contributed by atoms with Crippen molar-refractivity contribution in [3.63, 3.8) is 0 Å². The minimum atomic E-state index is 0.266. The van der Waals surface area contributed by atoms with Crippen molar-refractivity contribution in [2.75, 3.05) is 0 Å². The average molecular weight is 239 g/mol. The zero-order valence-corrected chi connectivity index (χ0v) is 10.6. The molecule has 2 aromatic rings. The predicted molar refractivity (Wildman–Crippen MR) is 72.9 cm³/mol. The molecule has 1 aromatic carbocycles. The SMILES string of the molecule is CCC(CC#N)NCc1ccnc2ccccc12. The molecule has 0 bridgehead atoms. The van der Waals surface area contributed by atoms with Crippen LogP contribution < -0.4 is 5.32 Å². The first kappa shape index (κ1) is 12.5. The number of rotatable bonds is 5. The average Bonchev–Trinajstić information content (AvgIpc) is 2.43. The van der Waals surface area contributed by atoms with Crippen LogP contribution >= 0.6 is 0 Å². The van der Waals surface area contributed by atoms with E-state index in [4.69, 9.17) is 5.26 Å². The van der Waals surface area contributed by atoms with Gasteiger partial charge in [0.2, 0.25) is 0 Å². The fourth-order valence-electron chi connectivity index (χ4n) is 2.03. The topological polar surface area (TPSA) is 48.7 Å². The molecule has 0 aliphatic carbocycles. The summed E-state index contributed by atoms with van der Waals surface area (Å²) in [6.45, 7) is 2.88. The molecule has 1 heterocycles. The molecule has 0 radical (unpaired) electrons. The predicted octanol–water partition coefficient (Wildman–Crippen LogP) is 3.02. The summed E-state index contributed by atoms with van der Waals surface area (Å²) in [7, 11) is 0. The van der Waals surface area contributed by atoms with Crippen LogP contribution in [0.15, 0.2) is 36.5 Å². The van der Waals surface area contributed by atoms with E-state index in [1.165, 1.54) is 10.9 Å². The first-order valence-electron chi connectivity index (χ1n) is 6.28. The van der Waals surface area contributed by atoms with E-state index >= 15 is 0 Å². The third-order valence-corrected chi connectivity index (χ3v) is 3.15. The molecule has 92 valence electrons. The summed E-state index contributed by atoms with van der Waals surface area (Å²) < 4.78 is 0. The number of pyridine rings is 1. The second-order valence-electron chi connectivity index (χ2n) is 4.34. The zero-order valence-electron chi connectivity index (χ0n) is 10.6. The Morgan fingerprint density at radius 3 is 2.94 bits per heavy atom. The van der Waals surface area contributed by atoms with E-state index in [2.05, 4.69) is 29.4 Å². The molecule has 2 rings (SSSR count). The van der Waals surface area contributed by atoms with Gasteiger partial charge in [-0.15, -0.1) is 0 Å². The molecule has 0 aliphatic heterocycles. The molecule has 0 fully saturated rings. The molecule has 0 saturated heterocycles. The Kier molecular flexibility index (Phi) is 4.27. The van der Waals surface area contributed by atoms with Gasteiger partial charge in [-0.05, 0) is 24.1 Å². The summed E-state index contributed by atoms with van der Waals surface area (Å²) in [5, 5.41) is 13.3.